The van der Waals surface area contributed by atoms with Crippen molar-refractivity contribution in [1.82, 2.24) is 20.1 Å². The molecule has 5 nitrogen and oxygen atoms in total. The molecule has 1 aliphatic heterocycles. The van der Waals surface area contributed by atoms with Crippen molar-refractivity contribution in [2.24, 2.45) is 7.05 Å². The molecule has 0 spiro atoms. The molecule has 2 unspecified atom stereocenters. The lowest BCUT2D eigenvalue weighted by Crippen LogP contribution is -2.34. The van der Waals surface area contributed by atoms with E-state index in [2.05, 4.69) is 28.4 Å². The second kappa shape index (κ2) is 4.90. The highest BCUT2D eigenvalue weighted by Gasteiger charge is 2.23. The van der Waals surface area contributed by atoms with Crippen LogP contribution in [0.5, 0.6) is 0 Å². The van der Waals surface area contributed by atoms with Gasteiger partial charge in [0.2, 0.25) is 0 Å². The van der Waals surface area contributed by atoms with Gasteiger partial charge in [-0.25, -0.2) is 4.98 Å². The number of hydrogen-bond acceptors (Lipinski definition) is 4. The first-order valence-electron chi connectivity index (χ1n) is 6.78. The van der Waals surface area contributed by atoms with E-state index in [4.69, 9.17) is 4.74 Å². The number of rotatable bonds is 3. The van der Waals surface area contributed by atoms with Gasteiger partial charge in [0.1, 0.15) is 0 Å². The first-order chi connectivity index (χ1) is 9.15. The van der Waals surface area contributed by atoms with Gasteiger partial charge in [-0.05, 0) is 31.9 Å². The highest BCUT2D eigenvalue weighted by Crippen LogP contribution is 2.17. The first-order valence-corrected chi connectivity index (χ1v) is 6.78. The number of fused-ring (bicyclic) bond motifs is 1. The smallest absolute Gasteiger partial charge is 0.157 e. The number of aryl methyl sites for hydroxylation is 2. The van der Waals surface area contributed by atoms with Gasteiger partial charge in [-0.3, -0.25) is 4.68 Å². The zero-order chi connectivity index (χ0) is 13.4. The number of hydrogen-bond donors (Lipinski definition) is 1. The standard InChI is InChI=1S/C14H20N4O/c1-9-12-6-11(8-16-14(12)18(3)17-9)7-15-13-4-5-19-10(13)2/h6,8,10,13,15H,4-5,7H2,1-3H3. The molecule has 3 rings (SSSR count). The lowest BCUT2D eigenvalue weighted by atomic mass is 10.1. The molecule has 0 aromatic carbocycles. The zero-order valence-corrected chi connectivity index (χ0v) is 11.7. The SMILES string of the molecule is Cc1nn(C)c2ncc(CNC3CCOC3C)cc12. The van der Waals surface area contributed by atoms with Crippen LogP contribution in [-0.2, 0) is 18.3 Å². The molecule has 0 aliphatic carbocycles. The van der Waals surface area contributed by atoms with Crippen LogP contribution >= 0.6 is 0 Å². The summed E-state index contributed by atoms with van der Waals surface area (Å²) in [6, 6.07) is 2.63. The van der Waals surface area contributed by atoms with Crippen LogP contribution in [0.1, 0.15) is 24.6 Å². The van der Waals surface area contributed by atoms with Crippen molar-refractivity contribution in [2.45, 2.75) is 39.0 Å². The Balaban J connectivity index is 1.76. The van der Waals surface area contributed by atoms with Gasteiger partial charge in [-0.2, -0.15) is 5.10 Å². The van der Waals surface area contributed by atoms with Crippen molar-refractivity contribution < 1.29 is 4.74 Å². The summed E-state index contributed by atoms with van der Waals surface area (Å²) in [5.41, 5.74) is 3.17. The Hall–Kier alpha value is -1.46. The largest absolute Gasteiger partial charge is 0.377 e. The van der Waals surface area contributed by atoms with E-state index in [1.807, 2.05) is 24.9 Å². The molecule has 0 saturated carbocycles. The molecule has 0 bridgehead atoms. The Morgan fingerprint density at radius 2 is 2.37 bits per heavy atom. The van der Waals surface area contributed by atoms with E-state index < -0.39 is 0 Å². The number of nitrogens with zero attached hydrogens (tertiary/aromatic N) is 3. The second-order valence-electron chi connectivity index (χ2n) is 5.28. The minimum Gasteiger partial charge on any atom is -0.377 e. The molecule has 2 aromatic heterocycles. The van der Waals surface area contributed by atoms with Crippen LogP contribution in [0, 0.1) is 6.92 Å². The van der Waals surface area contributed by atoms with E-state index in [1.54, 1.807) is 0 Å². The Bertz CT molecular complexity index is 592. The van der Waals surface area contributed by atoms with E-state index in [0.29, 0.717) is 12.1 Å². The third-order valence-electron chi connectivity index (χ3n) is 3.86. The van der Waals surface area contributed by atoms with Gasteiger partial charge in [0.05, 0.1) is 11.8 Å². The van der Waals surface area contributed by atoms with Gasteiger partial charge in [-0.1, -0.05) is 0 Å². The van der Waals surface area contributed by atoms with Gasteiger partial charge in [-0.15, -0.1) is 0 Å². The van der Waals surface area contributed by atoms with Crippen LogP contribution in [0.15, 0.2) is 12.3 Å². The molecule has 1 fully saturated rings. The highest BCUT2D eigenvalue weighted by molar-refractivity contribution is 5.78. The third kappa shape index (κ3) is 2.35. The average Bonchev–Trinajstić information content (AvgIpc) is 2.92. The van der Waals surface area contributed by atoms with E-state index in [-0.39, 0.29) is 0 Å². The predicted octanol–water partition coefficient (Wildman–Crippen LogP) is 1.54. The van der Waals surface area contributed by atoms with Crippen molar-refractivity contribution in [2.75, 3.05) is 6.61 Å². The molecule has 102 valence electrons. The first kappa shape index (κ1) is 12.6. The molecule has 2 atom stereocenters. The Kier molecular flexibility index (Phi) is 3.24. The molecule has 0 radical (unpaired) electrons. The molecule has 2 aromatic rings. The van der Waals surface area contributed by atoms with E-state index >= 15 is 0 Å². The lowest BCUT2D eigenvalue weighted by molar-refractivity contribution is 0.113. The topological polar surface area (TPSA) is 52.0 Å². The summed E-state index contributed by atoms with van der Waals surface area (Å²) in [7, 11) is 1.93. The number of aromatic nitrogens is 3. The molecule has 0 amide bonds. The summed E-state index contributed by atoms with van der Waals surface area (Å²) in [5.74, 6) is 0. The summed E-state index contributed by atoms with van der Waals surface area (Å²) in [5, 5.41) is 9.08. The van der Waals surface area contributed by atoms with Crippen LogP contribution in [0.25, 0.3) is 11.0 Å². The van der Waals surface area contributed by atoms with Crippen LogP contribution < -0.4 is 5.32 Å². The van der Waals surface area contributed by atoms with Crippen molar-refractivity contribution in [1.29, 1.82) is 0 Å². The van der Waals surface area contributed by atoms with Crippen LogP contribution in [-0.4, -0.2) is 33.5 Å². The van der Waals surface area contributed by atoms with Crippen molar-refractivity contribution in [3.8, 4) is 0 Å². The minimum absolute atomic E-state index is 0.303. The van der Waals surface area contributed by atoms with Gasteiger partial charge in [0, 0.05) is 37.8 Å². The van der Waals surface area contributed by atoms with Crippen LogP contribution in [0.3, 0.4) is 0 Å². The monoisotopic (exact) mass is 260 g/mol. The Morgan fingerprint density at radius 1 is 1.53 bits per heavy atom. The Labute approximate surface area is 113 Å². The van der Waals surface area contributed by atoms with Crippen molar-refractivity contribution in [3.63, 3.8) is 0 Å². The van der Waals surface area contributed by atoms with E-state index in [9.17, 15) is 0 Å². The van der Waals surface area contributed by atoms with Gasteiger partial charge >= 0.3 is 0 Å². The summed E-state index contributed by atoms with van der Waals surface area (Å²) in [4.78, 5) is 4.49. The maximum Gasteiger partial charge on any atom is 0.157 e. The molecular formula is C14H20N4O. The predicted molar refractivity (Wildman–Crippen MR) is 73.9 cm³/mol. The Morgan fingerprint density at radius 3 is 3.11 bits per heavy atom. The molecule has 1 aliphatic rings. The fourth-order valence-corrected chi connectivity index (χ4v) is 2.70. The van der Waals surface area contributed by atoms with E-state index in [0.717, 1.165) is 36.3 Å². The number of nitrogens with one attached hydrogen (secondary N) is 1. The van der Waals surface area contributed by atoms with Crippen LogP contribution in [0.4, 0.5) is 0 Å². The lowest BCUT2D eigenvalue weighted by Gasteiger charge is -2.15. The molecular weight excluding hydrogens is 240 g/mol. The number of pyridine rings is 1. The fourth-order valence-electron chi connectivity index (χ4n) is 2.70. The normalized spacial score (nSPS) is 23.3. The molecule has 3 heterocycles. The van der Waals surface area contributed by atoms with Crippen LogP contribution in [0.2, 0.25) is 0 Å². The molecule has 1 saturated heterocycles. The average molecular weight is 260 g/mol. The second-order valence-corrected chi connectivity index (χ2v) is 5.28. The molecule has 19 heavy (non-hydrogen) atoms. The van der Waals surface area contributed by atoms with E-state index in [1.165, 1.54) is 5.56 Å². The maximum atomic E-state index is 5.56. The maximum absolute atomic E-state index is 5.56. The summed E-state index contributed by atoms with van der Waals surface area (Å²) >= 11 is 0. The van der Waals surface area contributed by atoms with Gasteiger partial charge in [0.15, 0.2) is 5.65 Å². The van der Waals surface area contributed by atoms with Crippen molar-refractivity contribution >= 4 is 11.0 Å². The molecule has 1 N–H and O–H groups in total. The summed E-state index contributed by atoms with van der Waals surface area (Å²) < 4.78 is 7.38. The third-order valence-corrected chi connectivity index (χ3v) is 3.86. The highest BCUT2D eigenvalue weighted by atomic mass is 16.5. The minimum atomic E-state index is 0.303. The number of ether oxygens (including phenoxy) is 1. The van der Waals surface area contributed by atoms with Crippen molar-refractivity contribution in [3.05, 3.63) is 23.5 Å². The van der Waals surface area contributed by atoms with Gasteiger partial charge < -0.3 is 10.1 Å². The summed E-state index contributed by atoms with van der Waals surface area (Å²) in [6.07, 6.45) is 3.32. The summed E-state index contributed by atoms with van der Waals surface area (Å²) in [6.45, 7) is 5.83. The van der Waals surface area contributed by atoms with Gasteiger partial charge in [0.25, 0.3) is 0 Å². The zero-order valence-electron chi connectivity index (χ0n) is 11.7. The quantitative estimate of drug-likeness (QED) is 0.909. The fraction of sp³-hybridized carbons (Fsp3) is 0.571. The molecule has 5 heteroatoms.